The zero-order chi connectivity index (χ0) is 25.1. The molecule has 2 aromatic rings. The molecule has 7 nitrogen and oxygen atoms in total. The Morgan fingerprint density at radius 3 is 2.57 bits per heavy atom. The van der Waals surface area contributed by atoms with Crippen molar-refractivity contribution >= 4 is 27.0 Å². The second-order valence-electron chi connectivity index (χ2n) is 8.72. The standard InChI is InChI=1S/C23H29F3N2O5S2/c24-16-23(29,22(25)26)17-5-7-18(8-6-17)28-10-9-27(35(30,31)21-4-2-12-34-21)13-19(28)14-32-15-20-3-1-11-33-20/h2,4-8,12,19-20,22,29H,1,3,9-11,13-16H2/t19-,20-,23?/m1/s1. The molecule has 194 valence electrons. The lowest BCUT2D eigenvalue weighted by Crippen LogP contribution is -2.56. The van der Waals surface area contributed by atoms with E-state index >= 15 is 0 Å². The Morgan fingerprint density at radius 2 is 1.97 bits per heavy atom. The lowest BCUT2D eigenvalue weighted by molar-refractivity contribution is -0.114. The predicted molar refractivity (Wildman–Crippen MR) is 126 cm³/mol. The van der Waals surface area contributed by atoms with Crippen LogP contribution in [0.25, 0.3) is 0 Å². The number of benzene rings is 1. The van der Waals surface area contributed by atoms with Crippen LogP contribution in [0.15, 0.2) is 46.0 Å². The Hall–Kier alpha value is -1.70. The van der Waals surface area contributed by atoms with Gasteiger partial charge in [0.05, 0.1) is 25.4 Å². The summed E-state index contributed by atoms with van der Waals surface area (Å²) in [5.74, 6) is 0. The van der Waals surface area contributed by atoms with E-state index in [-0.39, 0.29) is 41.6 Å². The molecule has 2 aliphatic rings. The molecule has 0 radical (unpaired) electrons. The Balaban J connectivity index is 1.52. The quantitative estimate of drug-likeness (QED) is 0.504. The van der Waals surface area contributed by atoms with Gasteiger partial charge in [-0.1, -0.05) is 18.2 Å². The van der Waals surface area contributed by atoms with E-state index in [2.05, 4.69) is 0 Å². The molecule has 0 spiro atoms. The molecule has 0 amide bonds. The lowest BCUT2D eigenvalue weighted by atomic mass is 9.95. The third-order valence-electron chi connectivity index (χ3n) is 6.44. The summed E-state index contributed by atoms with van der Waals surface area (Å²) in [7, 11) is -3.65. The molecule has 1 N–H and O–H groups in total. The summed E-state index contributed by atoms with van der Waals surface area (Å²) in [4.78, 5) is 1.95. The van der Waals surface area contributed by atoms with Crippen molar-refractivity contribution in [1.82, 2.24) is 4.31 Å². The van der Waals surface area contributed by atoms with Crippen molar-refractivity contribution in [1.29, 1.82) is 0 Å². The maximum Gasteiger partial charge on any atom is 0.273 e. The van der Waals surface area contributed by atoms with E-state index in [1.165, 1.54) is 28.6 Å². The van der Waals surface area contributed by atoms with Crippen molar-refractivity contribution < 1.29 is 36.2 Å². The minimum atomic E-state index is -3.65. The van der Waals surface area contributed by atoms with E-state index in [0.29, 0.717) is 25.4 Å². The Bertz CT molecular complexity index is 1050. The molecule has 12 heteroatoms. The van der Waals surface area contributed by atoms with Crippen molar-refractivity contribution in [2.75, 3.05) is 51.0 Å². The highest BCUT2D eigenvalue weighted by atomic mass is 32.2. The molecule has 35 heavy (non-hydrogen) atoms. The fraction of sp³-hybridized carbons (Fsp3) is 0.565. The molecule has 1 aromatic carbocycles. The molecule has 1 unspecified atom stereocenters. The fourth-order valence-corrected chi connectivity index (χ4v) is 6.99. The third-order valence-corrected chi connectivity index (χ3v) is 9.67. The molecule has 0 saturated carbocycles. The Morgan fingerprint density at radius 1 is 1.20 bits per heavy atom. The highest BCUT2D eigenvalue weighted by Gasteiger charge is 2.40. The molecular weight excluding hydrogens is 505 g/mol. The van der Waals surface area contributed by atoms with Crippen LogP contribution in [-0.2, 0) is 25.1 Å². The number of anilines is 1. The van der Waals surface area contributed by atoms with Gasteiger partial charge in [-0.15, -0.1) is 11.3 Å². The molecule has 0 aliphatic carbocycles. The van der Waals surface area contributed by atoms with E-state index in [1.54, 1.807) is 17.5 Å². The van der Waals surface area contributed by atoms with Crippen molar-refractivity contribution in [2.45, 2.75) is 41.2 Å². The van der Waals surface area contributed by atoms with Crippen LogP contribution in [0.5, 0.6) is 0 Å². The molecular formula is C23H29F3N2O5S2. The van der Waals surface area contributed by atoms with Gasteiger partial charge in [0.2, 0.25) is 0 Å². The Kier molecular flexibility index (Phi) is 8.39. The minimum absolute atomic E-state index is 0.0185. The highest BCUT2D eigenvalue weighted by molar-refractivity contribution is 7.91. The summed E-state index contributed by atoms with van der Waals surface area (Å²) in [5, 5.41) is 11.7. The average molecular weight is 535 g/mol. The number of nitrogens with zero attached hydrogens (tertiary/aromatic N) is 2. The second kappa shape index (κ2) is 11.1. The monoisotopic (exact) mass is 534 g/mol. The summed E-state index contributed by atoms with van der Waals surface area (Å²) >= 11 is 1.16. The predicted octanol–water partition coefficient (Wildman–Crippen LogP) is 3.25. The fourth-order valence-electron chi connectivity index (χ4n) is 4.38. The molecule has 1 aromatic heterocycles. The van der Waals surface area contributed by atoms with Crippen molar-refractivity contribution in [3.63, 3.8) is 0 Å². The number of thiophene rings is 1. The van der Waals surface area contributed by atoms with Crippen molar-refractivity contribution in [3.05, 3.63) is 47.3 Å². The van der Waals surface area contributed by atoms with Crippen LogP contribution in [0.4, 0.5) is 18.9 Å². The molecule has 2 aliphatic heterocycles. The van der Waals surface area contributed by atoms with Crippen LogP contribution in [-0.4, -0.2) is 82.5 Å². The van der Waals surface area contributed by atoms with Gasteiger partial charge in [-0.05, 0) is 42.0 Å². The van der Waals surface area contributed by atoms with Gasteiger partial charge in [0.25, 0.3) is 16.4 Å². The van der Waals surface area contributed by atoms with Crippen LogP contribution in [0.2, 0.25) is 0 Å². The molecule has 2 fully saturated rings. The smallest absolute Gasteiger partial charge is 0.273 e. The SMILES string of the molecule is O=S(=O)(c1cccs1)N1CCN(c2ccc(C(O)(CF)C(F)F)cc2)[C@@H](COC[C@H]2CCCO2)C1. The van der Waals surface area contributed by atoms with Crippen molar-refractivity contribution in [3.8, 4) is 0 Å². The summed E-state index contributed by atoms with van der Waals surface area (Å²) in [6.07, 6.45) is -1.36. The van der Waals surface area contributed by atoms with Crippen molar-refractivity contribution in [2.24, 2.45) is 0 Å². The average Bonchev–Trinajstić information content (AvgIpc) is 3.58. The van der Waals surface area contributed by atoms with Crippen LogP contribution in [0.3, 0.4) is 0 Å². The van der Waals surface area contributed by atoms with E-state index in [9.17, 15) is 26.7 Å². The molecule has 2 saturated heterocycles. The van der Waals surface area contributed by atoms with Gasteiger partial charge in [-0.25, -0.2) is 21.6 Å². The summed E-state index contributed by atoms with van der Waals surface area (Å²) in [6.45, 7) is 0.493. The normalized spacial score (nSPS) is 23.6. The first-order chi connectivity index (χ1) is 16.8. The summed E-state index contributed by atoms with van der Waals surface area (Å²) in [6, 6.07) is 8.55. The summed E-state index contributed by atoms with van der Waals surface area (Å²) < 4.78 is 79.1. The number of ether oxygens (including phenoxy) is 2. The van der Waals surface area contributed by atoms with Gasteiger partial charge in [-0.2, -0.15) is 4.31 Å². The number of hydrogen-bond donors (Lipinski definition) is 1. The van der Waals surface area contributed by atoms with Crippen LogP contribution in [0.1, 0.15) is 18.4 Å². The number of halogens is 3. The minimum Gasteiger partial charge on any atom is -0.377 e. The third kappa shape index (κ3) is 5.67. The molecule has 3 atom stereocenters. The number of hydrogen-bond acceptors (Lipinski definition) is 7. The van der Waals surface area contributed by atoms with E-state index in [0.717, 1.165) is 24.2 Å². The number of rotatable bonds is 10. The zero-order valence-corrected chi connectivity index (χ0v) is 20.7. The number of sulfonamides is 1. The first-order valence-electron chi connectivity index (χ1n) is 11.4. The largest absolute Gasteiger partial charge is 0.377 e. The zero-order valence-electron chi connectivity index (χ0n) is 19.1. The van der Waals surface area contributed by atoms with E-state index in [4.69, 9.17) is 9.47 Å². The lowest BCUT2D eigenvalue weighted by Gasteiger charge is -2.42. The number of aliphatic hydroxyl groups is 1. The van der Waals surface area contributed by atoms with Gasteiger partial charge >= 0.3 is 0 Å². The maximum absolute atomic E-state index is 13.2. The highest BCUT2D eigenvalue weighted by Crippen LogP contribution is 2.32. The second-order valence-corrected chi connectivity index (χ2v) is 11.8. The first-order valence-corrected chi connectivity index (χ1v) is 13.7. The molecule has 0 bridgehead atoms. The first kappa shape index (κ1) is 26.4. The van der Waals surface area contributed by atoms with Gasteiger partial charge < -0.3 is 19.5 Å². The molecule has 3 heterocycles. The van der Waals surface area contributed by atoms with Gasteiger partial charge in [0, 0.05) is 31.9 Å². The summed E-state index contributed by atoms with van der Waals surface area (Å²) in [5.41, 5.74) is -2.44. The number of alkyl halides is 3. The van der Waals surface area contributed by atoms with Crippen LogP contribution in [0, 0.1) is 0 Å². The maximum atomic E-state index is 13.2. The van der Waals surface area contributed by atoms with Gasteiger partial charge in [-0.3, -0.25) is 0 Å². The number of piperazine rings is 1. The van der Waals surface area contributed by atoms with Gasteiger partial charge in [0.1, 0.15) is 10.9 Å². The van der Waals surface area contributed by atoms with E-state index in [1.807, 2.05) is 4.90 Å². The molecule has 4 rings (SSSR count). The van der Waals surface area contributed by atoms with Crippen LogP contribution >= 0.6 is 11.3 Å². The van der Waals surface area contributed by atoms with Gasteiger partial charge in [0.15, 0.2) is 5.60 Å². The van der Waals surface area contributed by atoms with Crippen LogP contribution < -0.4 is 4.90 Å². The topological polar surface area (TPSA) is 79.3 Å². The Labute approximate surface area is 207 Å². The van der Waals surface area contributed by atoms with E-state index < -0.39 is 28.7 Å².